The van der Waals surface area contributed by atoms with Crippen molar-refractivity contribution in [1.82, 2.24) is 10.1 Å². The van der Waals surface area contributed by atoms with Crippen molar-refractivity contribution < 1.29 is 14.4 Å². The number of hydrogen-bond acceptors (Lipinski definition) is 4. The first-order valence-corrected chi connectivity index (χ1v) is 9.15. The Labute approximate surface area is 158 Å². The average molecular weight is 362 g/mol. The molecule has 4 rings (SSSR count). The van der Waals surface area contributed by atoms with Crippen molar-refractivity contribution in [2.45, 2.75) is 24.9 Å². The quantitative estimate of drug-likeness (QED) is 0.771. The van der Waals surface area contributed by atoms with Gasteiger partial charge in [0.15, 0.2) is 5.76 Å². The molecule has 3 aromatic rings. The van der Waals surface area contributed by atoms with Crippen LogP contribution in [0.1, 0.15) is 46.5 Å². The minimum absolute atomic E-state index is 0.0803. The number of amides is 1. The summed E-state index contributed by atoms with van der Waals surface area (Å²) >= 11 is 0. The third-order valence-corrected chi connectivity index (χ3v) is 5.37. The van der Waals surface area contributed by atoms with Crippen molar-refractivity contribution >= 4 is 5.91 Å². The molecule has 0 radical (unpaired) electrons. The van der Waals surface area contributed by atoms with Crippen LogP contribution in [-0.4, -0.2) is 34.2 Å². The van der Waals surface area contributed by atoms with Gasteiger partial charge in [-0.25, -0.2) is 0 Å². The van der Waals surface area contributed by atoms with E-state index in [0.717, 1.165) is 11.1 Å². The fourth-order valence-corrected chi connectivity index (χ4v) is 3.74. The fourth-order valence-electron chi connectivity index (χ4n) is 3.74. The van der Waals surface area contributed by atoms with Crippen molar-refractivity contribution in [2.75, 3.05) is 13.1 Å². The lowest BCUT2D eigenvalue weighted by Crippen LogP contribution is -2.34. The maximum absolute atomic E-state index is 13.1. The Morgan fingerprint density at radius 1 is 1.15 bits per heavy atom. The van der Waals surface area contributed by atoms with Crippen molar-refractivity contribution in [1.29, 1.82) is 0 Å². The summed E-state index contributed by atoms with van der Waals surface area (Å²) < 4.78 is 5.44. The summed E-state index contributed by atoms with van der Waals surface area (Å²) in [6.07, 6.45) is 1.99. The highest BCUT2D eigenvalue weighted by atomic mass is 16.5. The molecule has 2 heterocycles. The number of aliphatic hydroxyl groups is 1. The molecule has 2 aromatic carbocycles. The molecule has 2 unspecified atom stereocenters. The second-order valence-electron chi connectivity index (χ2n) is 7.11. The highest BCUT2D eigenvalue weighted by Crippen LogP contribution is 2.34. The number of rotatable bonds is 4. The summed E-state index contributed by atoms with van der Waals surface area (Å²) in [6, 6.07) is 19.4. The maximum atomic E-state index is 13.1. The zero-order valence-electron chi connectivity index (χ0n) is 15.2. The Balaban J connectivity index is 1.56. The first-order valence-electron chi connectivity index (χ1n) is 9.15. The molecule has 1 N–H and O–H groups in total. The summed E-state index contributed by atoms with van der Waals surface area (Å²) in [5.74, 6) is 0.325. The molecule has 1 aliphatic rings. The summed E-state index contributed by atoms with van der Waals surface area (Å²) in [5, 5.41) is 14.9. The van der Waals surface area contributed by atoms with E-state index in [-0.39, 0.29) is 18.4 Å². The fraction of sp³-hybridized carbons (Fsp3) is 0.273. The van der Waals surface area contributed by atoms with E-state index in [4.69, 9.17) is 4.52 Å². The van der Waals surface area contributed by atoms with Crippen LogP contribution >= 0.6 is 0 Å². The second-order valence-corrected chi connectivity index (χ2v) is 7.11. The van der Waals surface area contributed by atoms with Gasteiger partial charge in [-0.15, -0.1) is 0 Å². The topological polar surface area (TPSA) is 66.6 Å². The van der Waals surface area contributed by atoms with Gasteiger partial charge in [0.2, 0.25) is 0 Å². The molecule has 0 spiro atoms. The minimum Gasteiger partial charge on any atom is -0.383 e. The van der Waals surface area contributed by atoms with E-state index in [1.165, 1.54) is 6.20 Å². The summed E-state index contributed by atoms with van der Waals surface area (Å²) in [5.41, 5.74) is 1.34. The van der Waals surface area contributed by atoms with Gasteiger partial charge in [0.1, 0.15) is 11.2 Å². The van der Waals surface area contributed by atoms with Crippen LogP contribution in [0.2, 0.25) is 0 Å². The molecule has 5 heteroatoms. The summed E-state index contributed by atoms with van der Waals surface area (Å²) in [7, 11) is 0. The van der Waals surface area contributed by atoms with Crippen LogP contribution in [0.15, 0.2) is 71.4 Å². The molecule has 1 aliphatic heterocycles. The van der Waals surface area contributed by atoms with Gasteiger partial charge in [-0.3, -0.25) is 4.79 Å². The van der Waals surface area contributed by atoms with Crippen LogP contribution in [0, 0.1) is 0 Å². The van der Waals surface area contributed by atoms with E-state index in [2.05, 4.69) is 5.16 Å². The molecule has 1 amide bonds. The van der Waals surface area contributed by atoms with Gasteiger partial charge < -0.3 is 14.5 Å². The van der Waals surface area contributed by atoms with Gasteiger partial charge in [-0.1, -0.05) is 72.7 Å². The molecule has 1 aromatic heterocycles. The predicted molar refractivity (Wildman–Crippen MR) is 101 cm³/mol. The number of aromatic nitrogens is 1. The van der Waals surface area contributed by atoms with Crippen molar-refractivity contribution in [3.63, 3.8) is 0 Å². The number of benzene rings is 2. The monoisotopic (exact) mass is 362 g/mol. The van der Waals surface area contributed by atoms with Crippen LogP contribution in [0.4, 0.5) is 0 Å². The highest BCUT2D eigenvalue weighted by Gasteiger charge is 2.40. The van der Waals surface area contributed by atoms with E-state index < -0.39 is 5.60 Å². The van der Waals surface area contributed by atoms with Gasteiger partial charge in [0, 0.05) is 12.5 Å². The predicted octanol–water partition coefficient (Wildman–Crippen LogP) is 3.56. The largest absolute Gasteiger partial charge is 0.383 e. The molecule has 1 saturated heterocycles. The molecule has 0 aliphatic carbocycles. The van der Waals surface area contributed by atoms with Gasteiger partial charge in [-0.2, -0.15) is 0 Å². The van der Waals surface area contributed by atoms with Crippen molar-refractivity contribution in [3.8, 4) is 0 Å². The molecular formula is C22H22N2O3. The highest BCUT2D eigenvalue weighted by molar-refractivity contribution is 5.95. The number of carbonyl (C=O) groups excluding carboxylic acids is 1. The smallest absolute Gasteiger partial charge is 0.259 e. The van der Waals surface area contributed by atoms with Crippen LogP contribution in [0.3, 0.4) is 0 Å². The van der Waals surface area contributed by atoms with E-state index in [1.807, 2.05) is 67.6 Å². The Morgan fingerprint density at radius 3 is 2.52 bits per heavy atom. The third-order valence-electron chi connectivity index (χ3n) is 5.37. The second kappa shape index (κ2) is 7.00. The lowest BCUT2D eigenvalue weighted by Gasteiger charge is -2.24. The summed E-state index contributed by atoms with van der Waals surface area (Å²) in [6.45, 7) is 2.76. The van der Waals surface area contributed by atoms with Crippen LogP contribution < -0.4 is 0 Å². The number of nitrogens with zero attached hydrogens (tertiary/aromatic N) is 2. The van der Waals surface area contributed by atoms with E-state index in [9.17, 15) is 9.90 Å². The van der Waals surface area contributed by atoms with Crippen molar-refractivity contribution in [3.05, 3.63) is 89.3 Å². The minimum atomic E-state index is -1.01. The van der Waals surface area contributed by atoms with E-state index >= 15 is 0 Å². The van der Waals surface area contributed by atoms with Crippen molar-refractivity contribution in [2.24, 2.45) is 0 Å². The Kier molecular flexibility index (Phi) is 4.54. The Morgan fingerprint density at radius 2 is 1.81 bits per heavy atom. The molecule has 0 saturated carbocycles. The number of carbonyl (C=O) groups is 1. The lowest BCUT2D eigenvalue weighted by atomic mass is 9.93. The first-order chi connectivity index (χ1) is 13.1. The SMILES string of the molecule is CC(c1ccccc1)c1oncc1C(=O)N1CCC(O)(c2ccccc2)C1. The maximum Gasteiger partial charge on any atom is 0.259 e. The zero-order valence-corrected chi connectivity index (χ0v) is 15.2. The number of hydrogen-bond donors (Lipinski definition) is 1. The summed E-state index contributed by atoms with van der Waals surface area (Å²) in [4.78, 5) is 14.8. The molecule has 1 fully saturated rings. The zero-order chi connectivity index (χ0) is 18.9. The molecule has 0 bridgehead atoms. The normalized spacial score (nSPS) is 20.6. The van der Waals surface area contributed by atoms with Crippen LogP contribution in [0.5, 0.6) is 0 Å². The van der Waals surface area contributed by atoms with Crippen LogP contribution in [0.25, 0.3) is 0 Å². The van der Waals surface area contributed by atoms with Crippen LogP contribution in [-0.2, 0) is 5.60 Å². The van der Waals surface area contributed by atoms with E-state index in [1.54, 1.807) is 4.90 Å². The van der Waals surface area contributed by atoms with Gasteiger partial charge in [0.05, 0.1) is 12.7 Å². The number of likely N-dealkylation sites (tertiary alicyclic amines) is 1. The molecule has 2 atom stereocenters. The van der Waals surface area contributed by atoms with Gasteiger partial charge in [0.25, 0.3) is 5.91 Å². The molecule has 5 nitrogen and oxygen atoms in total. The van der Waals surface area contributed by atoms with Gasteiger partial charge >= 0.3 is 0 Å². The Hall–Kier alpha value is -2.92. The first kappa shape index (κ1) is 17.5. The molecule has 138 valence electrons. The average Bonchev–Trinajstić information content (AvgIpc) is 3.36. The number of β-amino-alcohol motifs (C(OH)–C–C–N with tert-alkyl or cyclic N) is 1. The molecule has 27 heavy (non-hydrogen) atoms. The molecular weight excluding hydrogens is 340 g/mol. The third kappa shape index (κ3) is 3.26. The van der Waals surface area contributed by atoms with Gasteiger partial charge in [-0.05, 0) is 17.5 Å². The standard InChI is InChI=1S/C22H22N2O3/c1-16(17-8-4-2-5-9-17)20-19(14-23-27-20)21(25)24-13-12-22(26,15-24)18-10-6-3-7-11-18/h2-11,14,16,26H,12-13,15H2,1H3. The lowest BCUT2D eigenvalue weighted by molar-refractivity contribution is 0.0416. The van der Waals surface area contributed by atoms with E-state index in [0.29, 0.717) is 24.3 Å². The Bertz CT molecular complexity index is 923.